The van der Waals surface area contributed by atoms with E-state index < -0.39 is 0 Å². The molecule has 0 bridgehead atoms. The molecule has 1 radical (unpaired) electrons. The Morgan fingerprint density at radius 3 is 1.00 bits per heavy atom. The summed E-state index contributed by atoms with van der Waals surface area (Å²) in [4.78, 5) is 0. The molecule has 0 fully saturated rings. The Hall–Kier alpha value is 0.306. The van der Waals surface area contributed by atoms with Crippen LogP contribution in [0.15, 0.2) is 0 Å². The summed E-state index contributed by atoms with van der Waals surface area (Å²) in [6.07, 6.45) is 0. The van der Waals surface area contributed by atoms with Gasteiger partial charge in [0.05, 0.1) is 0 Å². The van der Waals surface area contributed by atoms with Crippen LogP contribution in [0, 0.1) is 0 Å². The summed E-state index contributed by atoms with van der Waals surface area (Å²) in [6, 6.07) is 0. The van der Waals surface area contributed by atoms with Gasteiger partial charge < -0.3 is 11.0 Å². The molecule has 0 aromatic heterocycles. The van der Waals surface area contributed by atoms with Gasteiger partial charge in [0.2, 0.25) is 0 Å². The van der Waals surface area contributed by atoms with Crippen LogP contribution >= 0.6 is 0 Å². The van der Waals surface area contributed by atoms with Gasteiger partial charge in [-0.2, -0.15) is 0 Å². The molecule has 0 aliphatic carbocycles. The molecule has 6 heavy (non-hydrogen) atoms. The fourth-order valence-corrected chi connectivity index (χ4v) is 0. The molecule has 0 saturated carbocycles. The Kier molecular flexibility index (Phi) is 321. The van der Waals surface area contributed by atoms with E-state index in [1.807, 2.05) is 0 Å². The normalized spacial score (nSPS) is 3.00. The van der Waals surface area contributed by atoms with Crippen molar-refractivity contribution in [3.8, 4) is 0 Å². The monoisotopic (exact) mass is 143 g/mol. The second-order valence-corrected chi connectivity index (χ2v) is 0.0816. The molecule has 0 aromatic carbocycles. The predicted octanol–water partition coefficient (Wildman–Crippen LogP) is -0.407. The van der Waals surface area contributed by atoms with Gasteiger partial charge in [-0.25, -0.2) is 10.5 Å². The fourth-order valence-electron chi connectivity index (χ4n) is 0. The third-order valence-electron chi connectivity index (χ3n) is 0. The molecular weight excluding hydrogens is 139 g/mol. The van der Waals surface area contributed by atoms with E-state index in [4.69, 9.17) is 10.5 Å². The van der Waals surface area contributed by atoms with E-state index >= 15 is 0 Å². The smallest absolute Gasteiger partial charge is 0.870 e. The molecule has 0 rings (SSSR count). The number of rotatable bonds is 0. The Labute approximate surface area is 44.2 Å². The molecule has 0 unspecified atom stereocenters. The quantitative estimate of drug-likeness (QED) is 0.353. The second kappa shape index (κ2) is 57.7. The molecule has 6 heteroatoms. The Morgan fingerprint density at radius 2 is 1.00 bits per heavy atom. The topological polar surface area (TPSA) is 110 Å². The molecular formula is H4CoO5. The molecule has 0 aliphatic rings. The third-order valence-corrected chi connectivity index (χ3v) is 0. The maximum Gasteiger partial charge on any atom is 2.00 e. The average Bonchev–Trinajstić information content (AvgIpc) is 0.918. The molecule has 0 spiro atoms. The maximum atomic E-state index is 6.62. The van der Waals surface area contributed by atoms with Gasteiger partial charge in [-0.3, -0.25) is 0 Å². The van der Waals surface area contributed by atoms with Crippen LogP contribution in [-0.4, -0.2) is 21.5 Å². The van der Waals surface area contributed by atoms with E-state index in [2.05, 4.69) is 5.04 Å². The SMILES string of the molecule is OOO.[Co+2].[OH-].[OH-]. The Bertz CT molecular complexity index is 3.90. The van der Waals surface area contributed by atoms with Gasteiger partial charge >= 0.3 is 16.8 Å². The van der Waals surface area contributed by atoms with Gasteiger partial charge in [-0.05, 0) is 0 Å². The van der Waals surface area contributed by atoms with Gasteiger partial charge in [0.15, 0.2) is 0 Å². The maximum absolute atomic E-state index is 6.62. The zero-order valence-corrected chi connectivity index (χ0v) is 3.57. The van der Waals surface area contributed by atoms with Gasteiger partial charge in [0, 0.05) is 0 Å². The van der Waals surface area contributed by atoms with Crippen molar-refractivity contribution in [2.24, 2.45) is 0 Å². The second-order valence-electron chi connectivity index (χ2n) is 0.0816. The summed E-state index contributed by atoms with van der Waals surface area (Å²) in [5.74, 6) is 0. The zero-order chi connectivity index (χ0) is 2.71. The van der Waals surface area contributed by atoms with Gasteiger partial charge in [0.1, 0.15) is 0 Å². The van der Waals surface area contributed by atoms with Crippen molar-refractivity contribution < 1.29 is 43.3 Å². The minimum atomic E-state index is 0. The van der Waals surface area contributed by atoms with Crippen LogP contribution in [0.2, 0.25) is 0 Å². The van der Waals surface area contributed by atoms with Crippen molar-refractivity contribution in [1.82, 2.24) is 0 Å². The summed E-state index contributed by atoms with van der Waals surface area (Å²) in [5, 5.41) is 15.5. The van der Waals surface area contributed by atoms with Gasteiger partial charge in [-0.15, -0.1) is 0 Å². The van der Waals surface area contributed by atoms with Crippen LogP contribution in [0.5, 0.6) is 0 Å². The molecule has 5 nitrogen and oxygen atoms in total. The van der Waals surface area contributed by atoms with Crippen molar-refractivity contribution in [3.05, 3.63) is 0 Å². The third kappa shape index (κ3) is 501. The summed E-state index contributed by atoms with van der Waals surface area (Å²) in [6.45, 7) is 0. The van der Waals surface area contributed by atoms with Crippen molar-refractivity contribution >= 4 is 0 Å². The molecule has 43 valence electrons. The van der Waals surface area contributed by atoms with E-state index in [-0.39, 0.29) is 27.7 Å². The zero-order valence-electron chi connectivity index (χ0n) is 2.53. The number of hydrogen-bond donors (Lipinski definition) is 2. The first-order valence-corrected chi connectivity index (χ1v) is 0.365. The first-order chi connectivity index (χ1) is 1.41. The standard InChI is InChI=1S/Co.H2O3.2H2O/c;1-3-2;;/h;1-2H;2*1H2/q+2;;;/p-2. The van der Waals surface area contributed by atoms with E-state index in [1.165, 1.54) is 0 Å². The van der Waals surface area contributed by atoms with Crippen LogP contribution in [0.4, 0.5) is 0 Å². The molecule has 0 heterocycles. The van der Waals surface area contributed by atoms with E-state index in [0.717, 1.165) is 0 Å². The molecule has 0 aliphatic heterocycles. The van der Waals surface area contributed by atoms with Crippen LogP contribution in [-0.2, 0) is 21.8 Å². The van der Waals surface area contributed by atoms with E-state index in [9.17, 15) is 0 Å². The summed E-state index contributed by atoms with van der Waals surface area (Å²) >= 11 is 0. The Balaban J connectivity index is -0.00000000667. The summed E-state index contributed by atoms with van der Waals surface area (Å²) in [5.41, 5.74) is 0. The van der Waals surface area contributed by atoms with Crippen molar-refractivity contribution in [3.63, 3.8) is 0 Å². The van der Waals surface area contributed by atoms with Crippen LogP contribution in [0.1, 0.15) is 0 Å². The average molecular weight is 143 g/mol. The molecule has 0 aromatic rings. The first kappa shape index (κ1) is 33.4. The van der Waals surface area contributed by atoms with Gasteiger partial charge in [0.25, 0.3) is 0 Å². The minimum absolute atomic E-state index is 0. The van der Waals surface area contributed by atoms with Crippen LogP contribution in [0.3, 0.4) is 0 Å². The van der Waals surface area contributed by atoms with E-state index in [0.29, 0.717) is 0 Å². The predicted molar refractivity (Wildman–Crippen MR) is 10.2 cm³/mol. The minimum Gasteiger partial charge on any atom is -0.870 e. The van der Waals surface area contributed by atoms with Crippen molar-refractivity contribution in [2.45, 2.75) is 0 Å². The van der Waals surface area contributed by atoms with Gasteiger partial charge in [-0.1, -0.05) is 5.04 Å². The molecule has 0 atom stereocenters. The molecule has 0 amide bonds. The number of hydrogen-bond acceptors (Lipinski definition) is 5. The molecule has 0 saturated heterocycles. The van der Waals surface area contributed by atoms with Crippen molar-refractivity contribution in [2.75, 3.05) is 0 Å². The first-order valence-electron chi connectivity index (χ1n) is 0.365. The Morgan fingerprint density at radius 1 is 1.00 bits per heavy atom. The summed E-state index contributed by atoms with van der Waals surface area (Å²) in [7, 11) is 0. The largest absolute Gasteiger partial charge is 2.00 e. The summed E-state index contributed by atoms with van der Waals surface area (Å²) < 4.78 is 0. The van der Waals surface area contributed by atoms with E-state index in [1.54, 1.807) is 0 Å². The molecule has 4 N–H and O–H groups in total. The van der Waals surface area contributed by atoms with Crippen LogP contribution in [0.25, 0.3) is 0 Å². The van der Waals surface area contributed by atoms with Crippen LogP contribution < -0.4 is 0 Å². The fraction of sp³-hybridized carbons (Fsp3) is 0. The van der Waals surface area contributed by atoms with Crippen molar-refractivity contribution in [1.29, 1.82) is 0 Å².